The molecular weight excluding hydrogens is 444 g/mol. The first kappa shape index (κ1) is 24.8. The molecule has 0 fully saturated rings. The van der Waals surface area contributed by atoms with Gasteiger partial charge in [0.2, 0.25) is 15.1 Å². The molecule has 0 radical (unpaired) electrons. The zero-order chi connectivity index (χ0) is 23.2. The van der Waals surface area contributed by atoms with Crippen LogP contribution in [-0.4, -0.2) is 58.6 Å². The van der Waals surface area contributed by atoms with Gasteiger partial charge < -0.3 is 9.15 Å². The molecule has 31 heavy (non-hydrogen) atoms. The van der Waals surface area contributed by atoms with Gasteiger partial charge in [0.05, 0.1) is 4.90 Å². The van der Waals surface area contributed by atoms with Gasteiger partial charge in [-0.05, 0) is 35.9 Å². The molecule has 0 N–H and O–H groups in total. The lowest BCUT2D eigenvalue weighted by molar-refractivity contribution is -0.139. The molecule has 0 unspecified atom stereocenters. The van der Waals surface area contributed by atoms with E-state index in [0.717, 1.165) is 4.31 Å². The molecule has 11 heteroatoms. The molecule has 9 nitrogen and oxygen atoms in total. The van der Waals surface area contributed by atoms with Crippen molar-refractivity contribution in [1.29, 1.82) is 0 Å². The number of rotatable bonds is 10. The van der Waals surface area contributed by atoms with Crippen LogP contribution in [0.25, 0.3) is 6.08 Å². The Morgan fingerprint density at radius 1 is 0.968 bits per heavy atom. The van der Waals surface area contributed by atoms with Crippen molar-refractivity contribution in [3.05, 3.63) is 53.8 Å². The van der Waals surface area contributed by atoms with Crippen molar-refractivity contribution in [1.82, 2.24) is 8.61 Å². The van der Waals surface area contributed by atoms with E-state index in [0.29, 0.717) is 18.7 Å². The van der Waals surface area contributed by atoms with Gasteiger partial charge in [-0.3, -0.25) is 0 Å². The van der Waals surface area contributed by atoms with Crippen molar-refractivity contribution in [2.24, 2.45) is 0 Å². The second-order valence-corrected chi connectivity index (χ2v) is 10.6. The quantitative estimate of drug-likeness (QED) is 0.387. The zero-order valence-electron chi connectivity index (χ0n) is 17.8. The molecule has 1 aromatic heterocycles. The fourth-order valence-corrected chi connectivity index (χ4v) is 4.84. The van der Waals surface area contributed by atoms with Gasteiger partial charge in [-0.1, -0.05) is 26.0 Å². The maximum absolute atomic E-state index is 12.5. The van der Waals surface area contributed by atoms with Crippen molar-refractivity contribution in [2.45, 2.75) is 30.4 Å². The van der Waals surface area contributed by atoms with E-state index in [2.05, 4.69) is 0 Å². The number of nitrogens with zero attached hydrogens (tertiary/aromatic N) is 2. The smallest absolute Gasteiger partial charge is 0.331 e. The number of sulfonamides is 2. The number of furan rings is 1. The summed E-state index contributed by atoms with van der Waals surface area (Å²) in [4.78, 5) is 12.1. The first-order valence-corrected chi connectivity index (χ1v) is 12.4. The third-order valence-corrected chi connectivity index (χ3v) is 8.12. The predicted octanol–water partition coefficient (Wildman–Crippen LogP) is 2.32. The van der Waals surface area contributed by atoms with Gasteiger partial charge in [0.25, 0.3) is 10.0 Å². The highest BCUT2D eigenvalue weighted by Gasteiger charge is 2.22. The molecule has 0 aliphatic heterocycles. The Bertz CT molecular complexity index is 1130. The number of carbonyl (C=O) groups is 1. The van der Waals surface area contributed by atoms with Crippen LogP contribution in [0.5, 0.6) is 0 Å². The highest BCUT2D eigenvalue weighted by atomic mass is 32.2. The average molecular weight is 471 g/mol. The van der Waals surface area contributed by atoms with Gasteiger partial charge in [-0.25, -0.2) is 25.9 Å². The Morgan fingerprint density at radius 2 is 1.58 bits per heavy atom. The fraction of sp³-hybridized carbons (Fsp3) is 0.350. The van der Waals surface area contributed by atoms with Gasteiger partial charge in [0.15, 0.2) is 0 Å². The molecule has 0 atom stereocenters. The van der Waals surface area contributed by atoms with Gasteiger partial charge in [-0.2, -0.15) is 4.31 Å². The third-order valence-electron chi connectivity index (χ3n) is 4.36. The Morgan fingerprint density at radius 3 is 2.13 bits per heavy atom. The molecule has 0 saturated heterocycles. The Labute approximate surface area is 183 Å². The molecule has 1 heterocycles. The monoisotopic (exact) mass is 470 g/mol. The van der Waals surface area contributed by atoms with E-state index in [9.17, 15) is 21.6 Å². The lowest BCUT2D eigenvalue weighted by Gasteiger charge is -2.18. The lowest BCUT2D eigenvalue weighted by Crippen LogP contribution is -2.30. The Hall–Kier alpha value is -2.47. The first-order chi connectivity index (χ1) is 14.5. The molecule has 0 aliphatic rings. The Kier molecular flexibility index (Phi) is 8.18. The first-order valence-electron chi connectivity index (χ1n) is 9.48. The predicted molar refractivity (Wildman–Crippen MR) is 115 cm³/mol. The summed E-state index contributed by atoms with van der Waals surface area (Å²) < 4.78 is 61.5. The molecule has 2 rings (SSSR count). The molecular formula is C20H26N2O7S2. The highest BCUT2D eigenvalue weighted by Crippen LogP contribution is 2.18. The van der Waals surface area contributed by atoms with Crippen molar-refractivity contribution in [3.63, 3.8) is 0 Å². The number of hydrogen-bond donors (Lipinski definition) is 0. The molecule has 1 aromatic carbocycles. The van der Waals surface area contributed by atoms with Gasteiger partial charge in [0.1, 0.15) is 12.4 Å². The summed E-state index contributed by atoms with van der Waals surface area (Å²) in [5.74, 6) is -0.471. The van der Waals surface area contributed by atoms with E-state index >= 15 is 0 Å². The molecule has 0 amide bonds. The van der Waals surface area contributed by atoms with Crippen LogP contribution in [-0.2, 0) is 36.2 Å². The van der Waals surface area contributed by atoms with Crippen LogP contribution in [0.3, 0.4) is 0 Å². The summed E-state index contributed by atoms with van der Waals surface area (Å²) in [5, 5.41) is -0.237. The van der Waals surface area contributed by atoms with Crippen LogP contribution < -0.4 is 0 Å². The van der Waals surface area contributed by atoms with Crippen LogP contribution in [0.2, 0.25) is 0 Å². The standard InChI is InChI=1S/C20H26N2O7S2/c1-5-22(6-2)30(24,25)18-11-7-16(8-12-18)9-13-19(23)28-15-17-10-14-20(29-17)31(26,27)21(3)4/h7-14H,5-6,15H2,1-4H3/b13-9+. The number of esters is 1. The topological polar surface area (TPSA) is 114 Å². The minimum Gasteiger partial charge on any atom is -0.454 e. The van der Waals surface area contributed by atoms with Crippen molar-refractivity contribution in [2.75, 3.05) is 27.2 Å². The van der Waals surface area contributed by atoms with Gasteiger partial charge in [0, 0.05) is 33.3 Å². The van der Waals surface area contributed by atoms with Crippen LogP contribution in [0.4, 0.5) is 0 Å². The molecule has 2 aromatic rings. The number of benzene rings is 1. The summed E-state index contributed by atoms with van der Waals surface area (Å²) in [6.07, 6.45) is 2.68. The summed E-state index contributed by atoms with van der Waals surface area (Å²) in [6, 6.07) is 8.85. The molecule has 170 valence electrons. The summed E-state index contributed by atoms with van der Waals surface area (Å²) in [5.41, 5.74) is 0.618. The van der Waals surface area contributed by atoms with E-state index in [1.54, 1.807) is 26.0 Å². The largest absolute Gasteiger partial charge is 0.454 e. The van der Waals surface area contributed by atoms with Crippen LogP contribution >= 0.6 is 0 Å². The van der Waals surface area contributed by atoms with Crippen molar-refractivity contribution >= 4 is 32.1 Å². The van der Waals surface area contributed by atoms with E-state index in [1.807, 2.05) is 0 Å². The SMILES string of the molecule is CCN(CC)S(=O)(=O)c1ccc(/C=C/C(=O)OCc2ccc(S(=O)(=O)N(C)C)o2)cc1. The number of carbonyl (C=O) groups excluding carboxylic acids is 1. The van der Waals surface area contributed by atoms with Crippen LogP contribution in [0, 0.1) is 0 Å². The zero-order valence-corrected chi connectivity index (χ0v) is 19.4. The third kappa shape index (κ3) is 6.03. The number of hydrogen-bond acceptors (Lipinski definition) is 7. The van der Waals surface area contributed by atoms with E-state index < -0.39 is 26.0 Å². The van der Waals surface area contributed by atoms with Gasteiger partial charge >= 0.3 is 5.97 Å². The van der Waals surface area contributed by atoms with Crippen LogP contribution in [0.1, 0.15) is 25.2 Å². The summed E-state index contributed by atoms with van der Waals surface area (Å²) >= 11 is 0. The average Bonchev–Trinajstić information content (AvgIpc) is 3.21. The number of ether oxygens (including phenoxy) is 1. The van der Waals surface area contributed by atoms with Crippen molar-refractivity contribution in [3.8, 4) is 0 Å². The van der Waals surface area contributed by atoms with E-state index in [1.165, 1.54) is 54.8 Å². The molecule has 0 bridgehead atoms. The second kappa shape index (κ2) is 10.2. The maximum atomic E-state index is 12.5. The van der Waals surface area contributed by atoms with Gasteiger partial charge in [-0.15, -0.1) is 0 Å². The Balaban J connectivity index is 1.98. The lowest BCUT2D eigenvalue weighted by atomic mass is 10.2. The summed E-state index contributed by atoms with van der Waals surface area (Å²) in [7, 11) is -4.47. The van der Waals surface area contributed by atoms with E-state index in [4.69, 9.17) is 9.15 Å². The highest BCUT2D eigenvalue weighted by molar-refractivity contribution is 7.89. The second-order valence-electron chi connectivity index (χ2n) is 6.61. The fourth-order valence-electron chi connectivity index (χ4n) is 2.57. The van der Waals surface area contributed by atoms with E-state index in [-0.39, 0.29) is 22.4 Å². The molecule has 0 spiro atoms. The molecule has 0 saturated carbocycles. The van der Waals surface area contributed by atoms with Crippen LogP contribution in [0.15, 0.2) is 56.9 Å². The maximum Gasteiger partial charge on any atom is 0.331 e. The minimum absolute atomic E-state index is 0.178. The minimum atomic E-state index is -3.70. The normalized spacial score (nSPS) is 12.7. The van der Waals surface area contributed by atoms with Crippen molar-refractivity contribution < 1.29 is 30.8 Å². The summed E-state index contributed by atoms with van der Waals surface area (Å²) in [6.45, 7) is 4.07. The molecule has 0 aliphatic carbocycles.